The van der Waals surface area contributed by atoms with Crippen LogP contribution in [0.2, 0.25) is 0 Å². The van der Waals surface area contributed by atoms with Crippen LogP contribution in [0.1, 0.15) is 164 Å². The molecule has 4 aliphatic heterocycles. The number of hydrogen-bond acceptors (Lipinski definition) is 19. The second kappa shape index (κ2) is 22.1. The Kier molecular flexibility index (Phi) is 16.5. The number of hydrogen-bond donors (Lipinski definition) is 9. The average Bonchev–Trinajstić information content (AvgIpc) is 4.30. The lowest BCUT2D eigenvalue weighted by Crippen LogP contribution is -2.67. The Hall–Kier alpha value is -2.31. The first kappa shape index (κ1) is 60.4. The zero-order chi connectivity index (χ0) is 58.1. The molecule has 7 saturated carbocycles. The number of esters is 1. The van der Waals surface area contributed by atoms with Crippen LogP contribution < -0.4 is 0 Å². The van der Waals surface area contributed by atoms with Gasteiger partial charge in [-0.2, -0.15) is 0 Å². The molecular formula is C62H94O19. The van der Waals surface area contributed by atoms with Gasteiger partial charge in [0, 0.05) is 42.6 Å². The zero-order valence-electron chi connectivity index (χ0n) is 48.6. The molecule has 12 aliphatic rings. The van der Waals surface area contributed by atoms with E-state index < -0.39 is 120 Å². The minimum atomic E-state index is -1.54. The van der Waals surface area contributed by atoms with Crippen LogP contribution in [0.15, 0.2) is 23.3 Å². The van der Waals surface area contributed by atoms with Crippen LogP contribution in [0.3, 0.4) is 0 Å². The zero-order valence-corrected chi connectivity index (χ0v) is 48.6. The van der Waals surface area contributed by atoms with Crippen molar-refractivity contribution in [2.24, 2.45) is 63.1 Å². The van der Waals surface area contributed by atoms with Gasteiger partial charge in [0.05, 0.1) is 60.5 Å². The third kappa shape index (κ3) is 9.93. The number of Topliss-reactive ketones (excluding diaryl/α,β-unsaturated/α-hetero) is 1. The van der Waals surface area contributed by atoms with Crippen molar-refractivity contribution in [2.45, 2.75) is 267 Å². The molecule has 8 aliphatic carbocycles. The maximum absolute atomic E-state index is 12.6. The minimum Gasteiger partial charge on any atom is -0.458 e. The van der Waals surface area contributed by atoms with Gasteiger partial charge in [-0.3, -0.25) is 9.59 Å². The van der Waals surface area contributed by atoms with E-state index in [1.165, 1.54) is 5.57 Å². The van der Waals surface area contributed by atoms with Gasteiger partial charge in [0.15, 0.2) is 30.4 Å². The molecular weight excluding hydrogens is 1050 g/mol. The summed E-state index contributed by atoms with van der Waals surface area (Å²) in [6.45, 7) is 13.4. The van der Waals surface area contributed by atoms with Crippen LogP contribution >= 0.6 is 0 Å². The number of carbonyl (C=O) groups excluding carboxylic acids is 3. The number of allylic oxidation sites excluding steroid dienone is 1. The van der Waals surface area contributed by atoms with E-state index in [9.17, 15) is 60.3 Å². The van der Waals surface area contributed by atoms with Crippen LogP contribution in [-0.2, 0) is 47.5 Å². The summed E-state index contributed by atoms with van der Waals surface area (Å²) in [6.07, 6.45) is 4.22. The van der Waals surface area contributed by atoms with Crippen molar-refractivity contribution in [2.75, 3.05) is 13.2 Å². The lowest BCUT2D eigenvalue weighted by atomic mass is 9.42. The highest BCUT2D eigenvalue weighted by Gasteiger charge is 2.72. The largest absolute Gasteiger partial charge is 0.458 e. The van der Waals surface area contributed by atoms with E-state index in [2.05, 4.69) is 13.8 Å². The van der Waals surface area contributed by atoms with Crippen LogP contribution in [0.4, 0.5) is 0 Å². The highest BCUT2D eigenvalue weighted by atomic mass is 16.7. The second-order valence-corrected chi connectivity index (χ2v) is 28.4. The van der Waals surface area contributed by atoms with Gasteiger partial charge < -0.3 is 79.1 Å². The van der Waals surface area contributed by atoms with Crippen LogP contribution in [0.25, 0.3) is 0 Å². The van der Waals surface area contributed by atoms with Gasteiger partial charge in [-0.15, -0.1) is 0 Å². The number of carbonyl (C=O) groups is 3. The van der Waals surface area contributed by atoms with Gasteiger partial charge in [0.2, 0.25) is 0 Å². The molecule has 10 fully saturated rings. The van der Waals surface area contributed by atoms with Gasteiger partial charge >= 0.3 is 5.97 Å². The van der Waals surface area contributed by atoms with Crippen molar-refractivity contribution >= 4 is 17.5 Å². The molecule has 4 heterocycles. The van der Waals surface area contributed by atoms with Gasteiger partial charge in [-0.25, -0.2) is 4.79 Å². The third-order valence-corrected chi connectivity index (χ3v) is 24.6. The van der Waals surface area contributed by atoms with Crippen molar-refractivity contribution in [3.63, 3.8) is 0 Å². The summed E-state index contributed by atoms with van der Waals surface area (Å²) >= 11 is 0. The molecule has 3 saturated heterocycles. The fraction of sp³-hybridized carbons (Fsp3) is 0.887. The first-order valence-electron chi connectivity index (χ1n) is 30.9. The Morgan fingerprint density at radius 3 is 1.91 bits per heavy atom. The Bertz CT molecular complexity index is 2400. The first-order chi connectivity index (χ1) is 38.2. The van der Waals surface area contributed by atoms with Crippen molar-refractivity contribution in [3.05, 3.63) is 23.3 Å². The van der Waals surface area contributed by atoms with E-state index in [-0.39, 0.29) is 90.1 Å². The Labute approximate surface area is 476 Å². The molecule has 0 amide bonds. The SMILES string of the molecule is C[C@H]1O[C@@H](O[C@H]2[C@@H](O)C[C@H](O[C@H]3[C@@H](O)C[C@H](O[C@H]4CC[C@@]5(C)[C@H](CC[C@@H]6[C@@H]5C[C@@H](O)[C@]5(C)[C@@H](C7=CC(=O)OC7)CC[C@]65O)C4)O[C@@H]3C)O[C@@H]2C)C[C@H](O)[C@@H]1O.C[C@]12CCC(=O)C=C1CC[C@@H]1[C@@H]2[C@@H](O)C[C@@]2(C)[C@H]1CC[C@]2(O)C(=O)CO. The average molecular weight is 1140 g/mol. The molecule has 0 aromatic rings. The molecule has 19 heteroatoms. The number of ketones is 2. The van der Waals surface area contributed by atoms with Crippen LogP contribution in [0, 0.1) is 63.1 Å². The van der Waals surface area contributed by atoms with E-state index in [1.807, 2.05) is 20.8 Å². The van der Waals surface area contributed by atoms with Gasteiger partial charge in [-0.05, 0) is 175 Å². The molecule has 0 aromatic carbocycles. The fourth-order valence-corrected chi connectivity index (χ4v) is 20.0. The lowest BCUT2D eigenvalue weighted by molar-refractivity contribution is -0.336. The number of rotatable bonds is 9. The second-order valence-electron chi connectivity index (χ2n) is 28.4. The molecule has 0 spiro atoms. The van der Waals surface area contributed by atoms with Crippen LogP contribution in [-0.4, -0.2) is 180 Å². The number of aliphatic hydroxyl groups is 9. The summed E-state index contributed by atoms with van der Waals surface area (Å²) in [5, 5.41) is 98.6. The summed E-state index contributed by atoms with van der Waals surface area (Å²) in [5.41, 5.74) is -2.12. The highest BCUT2D eigenvalue weighted by molar-refractivity contribution is 5.92. The number of fused-ring (bicyclic) bond motifs is 10. The first-order valence-corrected chi connectivity index (χ1v) is 30.9. The fourth-order valence-electron chi connectivity index (χ4n) is 20.0. The normalized spacial score (nSPS) is 53.9. The molecule has 0 unspecified atom stereocenters. The van der Waals surface area contributed by atoms with E-state index in [0.717, 1.165) is 69.8 Å². The molecule has 0 radical (unpaired) electrons. The molecule has 19 nitrogen and oxygen atoms in total. The maximum atomic E-state index is 12.6. The predicted octanol–water partition coefficient (Wildman–Crippen LogP) is 4.00. The van der Waals surface area contributed by atoms with Crippen molar-refractivity contribution in [1.82, 2.24) is 0 Å². The summed E-state index contributed by atoms with van der Waals surface area (Å²) in [4.78, 5) is 36.2. The topological polar surface area (TPSA) is 298 Å². The quantitative estimate of drug-likeness (QED) is 0.116. The Morgan fingerprint density at radius 2 is 1.30 bits per heavy atom. The molecule has 9 N–H and O–H groups in total. The van der Waals surface area contributed by atoms with E-state index in [0.29, 0.717) is 38.0 Å². The van der Waals surface area contributed by atoms with E-state index >= 15 is 0 Å². The van der Waals surface area contributed by atoms with E-state index in [4.69, 9.17) is 33.2 Å². The molecule has 0 bridgehead atoms. The number of aliphatic hydroxyl groups excluding tert-OH is 7. The molecule has 28 atom stereocenters. The summed E-state index contributed by atoms with van der Waals surface area (Å²) < 4.78 is 42.1. The third-order valence-electron chi connectivity index (χ3n) is 24.6. The maximum Gasteiger partial charge on any atom is 0.331 e. The smallest absolute Gasteiger partial charge is 0.331 e. The van der Waals surface area contributed by atoms with Crippen LogP contribution in [0.5, 0.6) is 0 Å². The monoisotopic (exact) mass is 1140 g/mol. The van der Waals surface area contributed by atoms with Gasteiger partial charge in [0.1, 0.15) is 37.1 Å². The summed E-state index contributed by atoms with van der Waals surface area (Å²) in [6, 6.07) is 0. The Morgan fingerprint density at radius 1 is 0.654 bits per heavy atom. The highest BCUT2D eigenvalue weighted by Crippen LogP contribution is 2.71. The lowest BCUT2D eigenvalue weighted by Gasteiger charge is -2.65. The molecule has 12 rings (SSSR count). The van der Waals surface area contributed by atoms with Gasteiger partial charge in [-0.1, -0.05) is 33.3 Å². The summed E-state index contributed by atoms with van der Waals surface area (Å²) in [5.74, 6) is 0.344. The summed E-state index contributed by atoms with van der Waals surface area (Å²) in [7, 11) is 0. The van der Waals surface area contributed by atoms with Gasteiger partial charge in [0.25, 0.3) is 0 Å². The molecule has 0 aromatic heterocycles. The predicted molar refractivity (Wildman–Crippen MR) is 288 cm³/mol. The minimum absolute atomic E-state index is 0.0452. The van der Waals surface area contributed by atoms with E-state index in [1.54, 1.807) is 26.0 Å². The van der Waals surface area contributed by atoms with Crippen molar-refractivity contribution in [1.29, 1.82) is 0 Å². The Balaban J connectivity index is 0.000000221. The molecule has 81 heavy (non-hydrogen) atoms. The molecule has 456 valence electrons. The van der Waals surface area contributed by atoms with Crippen molar-refractivity contribution in [3.8, 4) is 0 Å². The van der Waals surface area contributed by atoms with Crippen molar-refractivity contribution < 1.29 is 93.5 Å². The number of ether oxygens (including phenoxy) is 7. The standard InChI is InChI=1S/C41H64O14.C21H30O5/c1-19-36(47)28(42)15-34(50-19)54-38-21(3)52-35(17-30(38)44)55-37-20(2)51-33(16-29(37)43)53-24-8-10-39(4)23(13-24)6-7-26-27(39)14-31(45)40(5)25(9-11-41(26,40)48)22-12-32(46)49-18-22;1-19-7-5-13(23)9-12(19)3-4-14-15-6-8-21(26,17(25)11-22)20(15,2)10-16(24)18(14)19/h12,19-21,23-31,33-38,42-45,47-48H,6-11,13-18H2,1-5H3;9,14-16,18,22,24,26H,3-8,10-11H2,1-2H3/t19-,20-,21-,23-,24+,25-,26-,27+,28+,29+,30+,31-,33+,34+,35+,36-,37-,38-,39+,40+,41+;14-,15-,16-,18+,19-,20-,21-/m10/s1. The number of cyclic esters (lactones) is 1.